The molecule has 7 heteroatoms. The van der Waals surface area contributed by atoms with Crippen LogP contribution in [0.25, 0.3) is 0 Å². The van der Waals surface area contributed by atoms with E-state index in [4.69, 9.17) is 16.3 Å². The van der Waals surface area contributed by atoms with Gasteiger partial charge in [-0.05, 0) is 37.1 Å². The van der Waals surface area contributed by atoms with Gasteiger partial charge >= 0.3 is 0 Å². The van der Waals surface area contributed by atoms with Crippen molar-refractivity contribution < 1.29 is 9.53 Å². The highest BCUT2D eigenvalue weighted by atomic mass is 35.5. The van der Waals surface area contributed by atoms with Crippen LogP contribution in [0.2, 0.25) is 5.02 Å². The highest BCUT2D eigenvalue weighted by molar-refractivity contribution is 6.30. The van der Waals surface area contributed by atoms with Crippen LogP contribution in [0.3, 0.4) is 0 Å². The maximum absolute atomic E-state index is 12.5. The first-order chi connectivity index (χ1) is 12.0. The minimum atomic E-state index is -0.0837. The molecular weight excluding hydrogens is 340 g/mol. The predicted molar refractivity (Wildman–Crippen MR) is 98.7 cm³/mol. The molecular formula is C18H23ClN4O2. The number of carbonyl (C=O) groups is 1. The van der Waals surface area contributed by atoms with Gasteiger partial charge in [0.2, 0.25) is 0 Å². The average Bonchev–Trinajstić information content (AvgIpc) is 3.21. The van der Waals surface area contributed by atoms with Gasteiger partial charge in [-0.2, -0.15) is 5.10 Å². The van der Waals surface area contributed by atoms with Crippen LogP contribution < -0.4 is 15.0 Å². The summed E-state index contributed by atoms with van der Waals surface area (Å²) in [5.74, 6) is 0.704. The second kappa shape index (κ2) is 7.35. The van der Waals surface area contributed by atoms with Crippen molar-refractivity contribution in [3.8, 4) is 5.75 Å². The second-order valence-electron chi connectivity index (χ2n) is 6.22. The van der Waals surface area contributed by atoms with Crippen LogP contribution in [-0.2, 0) is 13.5 Å². The summed E-state index contributed by atoms with van der Waals surface area (Å²) in [4.78, 5) is 14.7. The zero-order valence-electron chi connectivity index (χ0n) is 14.8. The number of nitrogens with one attached hydrogen (secondary N) is 1. The Bertz CT molecular complexity index is 774. The van der Waals surface area contributed by atoms with Crippen molar-refractivity contribution in [3.63, 3.8) is 0 Å². The van der Waals surface area contributed by atoms with E-state index in [9.17, 15) is 4.79 Å². The van der Waals surface area contributed by atoms with Crippen molar-refractivity contribution >= 4 is 23.2 Å². The lowest BCUT2D eigenvalue weighted by Crippen LogP contribution is -2.38. The van der Waals surface area contributed by atoms with Crippen LogP contribution in [0.5, 0.6) is 5.75 Å². The molecule has 134 valence electrons. The van der Waals surface area contributed by atoms with Crippen LogP contribution in [0.4, 0.5) is 5.69 Å². The maximum atomic E-state index is 12.5. The zero-order chi connectivity index (χ0) is 18.0. The molecule has 6 nitrogen and oxygen atoms in total. The summed E-state index contributed by atoms with van der Waals surface area (Å²) in [5, 5.41) is 8.12. The summed E-state index contributed by atoms with van der Waals surface area (Å²) in [6, 6.07) is 7.51. The number of ether oxygens (including phenoxy) is 1. The van der Waals surface area contributed by atoms with Crippen molar-refractivity contribution in [2.24, 2.45) is 7.05 Å². The highest BCUT2D eigenvalue weighted by Crippen LogP contribution is 2.33. The molecule has 1 aromatic heterocycles. The van der Waals surface area contributed by atoms with Crippen molar-refractivity contribution in [1.82, 2.24) is 15.1 Å². The standard InChI is InChI=1S/C18H23ClN4O2/c1-4-13-10-16(22(2)21-13)18(24)20-14-7-8-23(11-14)15-9-12(19)5-6-17(15)25-3/h5-6,9-10,14H,4,7-8,11H2,1-3H3,(H,20,24). The number of benzene rings is 1. The predicted octanol–water partition coefficient (Wildman–Crippen LogP) is 2.65. The summed E-state index contributed by atoms with van der Waals surface area (Å²) < 4.78 is 7.07. The van der Waals surface area contributed by atoms with E-state index in [1.54, 1.807) is 18.8 Å². The summed E-state index contributed by atoms with van der Waals surface area (Å²) in [7, 11) is 3.45. The third-order valence-electron chi connectivity index (χ3n) is 4.53. The van der Waals surface area contributed by atoms with Crippen molar-refractivity contribution in [3.05, 3.63) is 40.7 Å². The first-order valence-electron chi connectivity index (χ1n) is 8.44. The van der Waals surface area contributed by atoms with Crippen LogP contribution in [0, 0.1) is 0 Å². The fourth-order valence-corrected chi connectivity index (χ4v) is 3.34. The summed E-state index contributed by atoms with van der Waals surface area (Å²) in [6.45, 7) is 3.59. The number of hydrogen-bond donors (Lipinski definition) is 1. The molecule has 1 aromatic carbocycles. The van der Waals surface area contributed by atoms with Crippen LogP contribution in [0.15, 0.2) is 24.3 Å². The SMILES string of the molecule is CCc1cc(C(=O)NC2CCN(c3cc(Cl)ccc3OC)C2)n(C)n1. The number of aromatic nitrogens is 2. The van der Waals surface area contributed by atoms with E-state index >= 15 is 0 Å². The number of nitrogens with zero attached hydrogens (tertiary/aromatic N) is 3. The van der Waals surface area contributed by atoms with Gasteiger partial charge in [-0.1, -0.05) is 18.5 Å². The Morgan fingerprint density at radius 2 is 2.24 bits per heavy atom. The van der Waals surface area contributed by atoms with Crippen molar-refractivity contribution in [2.75, 3.05) is 25.1 Å². The third-order valence-corrected chi connectivity index (χ3v) is 4.77. The van der Waals surface area contributed by atoms with Crippen molar-refractivity contribution in [2.45, 2.75) is 25.8 Å². The molecule has 3 rings (SSSR count). The number of rotatable bonds is 5. The number of anilines is 1. The Hall–Kier alpha value is -2.21. The van der Waals surface area contributed by atoms with E-state index in [1.807, 2.05) is 31.2 Å². The normalized spacial score (nSPS) is 17.0. The van der Waals surface area contributed by atoms with Gasteiger partial charge < -0.3 is 15.0 Å². The molecule has 1 amide bonds. The van der Waals surface area contributed by atoms with E-state index in [0.29, 0.717) is 10.7 Å². The number of halogens is 1. The van der Waals surface area contributed by atoms with Gasteiger partial charge in [0.1, 0.15) is 11.4 Å². The van der Waals surface area contributed by atoms with E-state index in [0.717, 1.165) is 43.1 Å². The number of aryl methyl sites for hydroxylation is 2. The summed E-state index contributed by atoms with van der Waals surface area (Å²) >= 11 is 6.12. The van der Waals surface area contributed by atoms with E-state index in [1.165, 1.54) is 0 Å². The molecule has 1 aliphatic heterocycles. The molecule has 1 atom stereocenters. The molecule has 0 bridgehead atoms. The molecule has 1 saturated heterocycles. The first-order valence-corrected chi connectivity index (χ1v) is 8.82. The Labute approximate surface area is 152 Å². The van der Waals surface area contributed by atoms with E-state index in [2.05, 4.69) is 15.3 Å². The number of hydrogen-bond acceptors (Lipinski definition) is 4. The van der Waals surface area contributed by atoms with Crippen molar-refractivity contribution in [1.29, 1.82) is 0 Å². The smallest absolute Gasteiger partial charge is 0.269 e. The van der Waals surface area contributed by atoms with Gasteiger partial charge in [-0.3, -0.25) is 9.48 Å². The van der Waals surface area contributed by atoms with Gasteiger partial charge in [-0.15, -0.1) is 0 Å². The van der Waals surface area contributed by atoms with Gasteiger partial charge in [0, 0.05) is 31.2 Å². The molecule has 25 heavy (non-hydrogen) atoms. The molecule has 1 fully saturated rings. The third kappa shape index (κ3) is 3.74. The maximum Gasteiger partial charge on any atom is 0.269 e. The molecule has 2 aromatic rings. The van der Waals surface area contributed by atoms with Crippen LogP contribution >= 0.6 is 11.6 Å². The lowest BCUT2D eigenvalue weighted by Gasteiger charge is -2.21. The second-order valence-corrected chi connectivity index (χ2v) is 6.66. The molecule has 0 radical (unpaired) electrons. The lowest BCUT2D eigenvalue weighted by atomic mass is 10.2. The number of methoxy groups -OCH3 is 1. The zero-order valence-corrected chi connectivity index (χ0v) is 15.5. The molecule has 1 unspecified atom stereocenters. The number of amides is 1. The minimum Gasteiger partial charge on any atom is -0.495 e. The van der Waals surface area contributed by atoms with Gasteiger partial charge in [0.05, 0.1) is 18.5 Å². The highest BCUT2D eigenvalue weighted by Gasteiger charge is 2.27. The van der Waals surface area contributed by atoms with Crippen LogP contribution in [-0.4, -0.2) is 41.9 Å². The topological polar surface area (TPSA) is 59.4 Å². The summed E-state index contributed by atoms with van der Waals surface area (Å²) in [6.07, 6.45) is 1.69. The fraction of sp³-hybridized carbons (Fsp3) is 0.444. The fourth-order valence-electron chi connectivity index (χ4n) is 3.18. The Balaban J connectivity index is 1.68. The minimum absolute atomic E-state index is 0.0798. The monoisotopic (exact) mass is 362 g/mol. The largest absolute Gasteiger partial charge is 0.495 e. The van der Waals surface area contributed by atoms with Gasteiger partial charge in [0.15, 0.2) is 0 Å². The lowest BCUT2D eigenvalue weighted by molar-refractivity contribution is 0.0931. The molecule has 0 spiro atoms. The quantitative estimate of drug-likeness (QED) is 0.888. The Morgan fingerprint density at radius 3 is 2.92 bits per heavy atom. The molecule has 1 aliphatic rings. The van der Waals surface area contributed by atoms with Gasteiger partial charge in [-0.25, -0.2) is 0 Å². The van der Waals surface area contributed by atoms with E-state index < -0.39 is 0 Å². The molecule has 2 heterocycles. The van der Waals surface area contributed by atoms with E-state index in [-0.39, 0.29) is 11.9 Å². The molecule has 0 aliphatic carbocycles. The Kier molecular flexibility index (Phi) is 5.18. The average molecular weight is 363 g/mol. The number of carbonyl (C=O) groups excluding carboxylic acids is 1. The molecule has 1 N–H and O–H groups in total. The first kappa shape index (κ1) is 17.6. The van der Waals surface area contributed by atoms with Crippen LogP contribution in [0.1, 0.15) is 29.5 Å². The molecule has 0 saturated carbocycles. The Morgan fingerprint density at radius 1 is 1.44 bits per heavy atom. The summed E-state index contributed by atoms with van der Waals surface area (Å²) in [5.41, 5.74) is 2.47. The van der Waals surface area contributed by atoms with Gasteiger partial charge in [0.25, 0.3) is 5.91 Å².